The van der Waals surface area contributed by atoms with Crippen LogP contribution in [0.15, 0.2) is 0 Å². The molecule has 0 spiro atoms. The Balaban J connectivity index is 2.45. The summed E-state index contributed by atoms with van der Waals surface area (Å²) in [4.78, 5) is 2.18. The number of nitrogens with zero attached hydrogens (tertiary/aromatic N) is 1. The van der Waals surface area contributed by atoms with Crippen LogP contribution in [0.5, 0.6) is 0 Å². The maximum absolute atomic E-state index is 5.62. The first-order chi connectivity index (χ1) is 6.13. The van der Waals surface area contributed by atoms with Gasteiger partial charge in [-0.15, -0.1) is 0 Å². The summed E-state index contributed by atoms with van der Waals surface area (Å²) in [5.74, 6) is 0. The molecule has 0 unspecified atom stereocenters. The Morgan fingerprint density at radius 2 is 2.00 bits per heavy atom. The average molecular weight is 202 g/mol. The summed E-state index contributed by atoms with van der Waals surface area (Å²) in [6.45, 7) is 8.90. The molecule has 1 aliphatic rings. The Morgan fingerprint density at radius 3 is 2.46 bits per heavy atom. The SMILES string of the molecule is CCNC(=S)N1C[C@@H](C)O[C@@H](C)C1. The third-order valence-electron chi connectivity index (χ3n) is 2.03. The van der Waals surface area contributed by atoms with Crippen molar-refractivity contribution < 1.29 is 4.74 Å². The van der Waals surface area contributed by atoms with Crippen molar-refractivity contribution in [1.29, 1.82) is 0 Å². The highest BCUT2D eigenvalue weighted by atomic mass is 32.1. The smallest absolute Gasteiger partial charge is 0.169 e. The van der Waals surface area contributed by atoms with Crippen LogP contribution in [0, 0.1) is 0 Å². The second-order valence-corrected chi connectivity index (χ2v) is 3.88. The summed E-state index contributed by atoms with van der Waals surface area (Å²) < 4.78 is 5.62. The average Bonchev–Trinajstić information content (AvgIpc) is 2.03. The lowest BCUT2D eigenvalue weighted by molar-refractivity contribution is -0.0481. The first kappa shape index (κ1) is 10.7. The Labute approximate surface area is 85.4 Å². The van der Waals surface area contributed by atoms with Gasteiger partial charge in [0.2, 0.25) is 0 Å². The molecule has 0 aromatic heterocycles. The standard InChI is InChI=1S/C9H18N2OS/c1-4-10-9(13)11-5-7(2)12-8(3)6-11/h7-8H,4-6H2,1-3H3,(H,10,13)/t7-,8+. The van der Waals surface area contributed by atoms with Gasteiger partial charge in [0.25, 0.3) is 0 Å². The molecule has 1 heterocycles. The van der Waals surface area contributed by atoms with Crippen LogP contribution in [0.2, 0.25) is 0 Å². The molecule has 0 aliphatic carbocycles. The van der Waals surface area contributed by atoms with Gasteiger partial charge >= 0.3 is 0 Å². The van der Waals surface area contributed by atoms with E-state index < -0.39 is 0 Å². The highest BCUT2D eigenvalue weighted by Gasteiger charge is 2.23. The van der Waals surface area contributed by atoms with Crippen molar-refractivity contribution in [3.8, 4) is 0 Å². The Kier molecular flexibility index (Phi) is 3.93. The van der Waals surface area contributed by atoms with Crippen LogP contribution >= 0.6 is 12.2 Å². The van der Waals surface area contributed by atoms with Gasteiger partial charge in [-0.1, -0.05) is 0 Å². The molecular formula is C9H18N2OS. The predicted molar refractivity (Wildman–Crippen MR) is 57.9 cm³/mol. The lowest BCUT2D eigenvalue weighted by Gasteiger charge is -2.36. The summed E-state index contributed by atoms with van der Waals surface area (Å²) in [5, 5.41) is 4.01. The number of nitrogens with one attached hydrogen (secondary N) is 1. The fourth-order valence-corrected chi connectivity index (χ4v) is 1.90. The Morgan fingerprint density at radius 1 is 1.46 bits per heavy atom. The normalized spacial score (nSPS) is 28.7. The van der Waals surface area contributed by atoms with Crippen molar-refractivity contribution in [2.75, 3.05) is 19.6 Å². The van der Waals surface area contributed by atoms with Crippen molar-refractivity contribution in [3.63, 3.8) is 0 Å². The maximum atomic E-state index is 5.62. The number of hydrogen-bond acceptors (Lipinski definition) is 2. The van der Waals surface area contributed by atoms with Crippen LogP contribution in [-0.4, -0.2) is 41.9 Å². The predicted octanol–water partition coefficient (Wildman–Crippen LogP) is 0.990. The van der Waals surface area contributed by atoms with Crippen molar-refractivity contribution in [2.45, 2.75) is 33.0 Å². The van der Waals surface area contributed by atoms with Crippen LogP contribution in [-0.2, 0) is 4.74 Å². The van der Waals surface area contributed by atoms with E-state index in [-0.39, 0.29) is 12.2 Å². The highest BCUT2D eigenvalue weighted by Crippen LogP contribution is 2.10. The first-order valence-corrected chi connectivity index (χ1v) is 5.22. The molecule has 1 fully saturated rings. The molecule has 1 rings (SSSR count). The van der Waals surface area contributed by atoms with Gasteiger partial charge < -0.3 is 15.0 Å². The molecule has 1 saturated heterocycles. The van der Waals surface area contributed by atoms with Gasteiger partial charge in [-0.25, -0.2) is 0 Å². The Hall–Kier alpha value is -0.350. The minimum absolute atomic E-state index is 0.278. The summed E-state index contributed by atoms with van der Waals surface area (Å²) in [7, 11) is 0. The van der Waals surface area contributed by atoms with Gasteiger partial charge in [-0.3, -0.25) is 0 Å². The zero-order valence-corrected chi connectivity index (χ0v) is 9.36. The van der Waals surface area contributed by atoms with E-state index in [1.165, 1.54) is 0 Å². The van der Waals surface area contributed by atoms with Crippen molar-refractivity contribution in [2.24, 2.45) is 0 Å². The van der Waals surface area contributed by atoms with E-state index in [1.807, 2.05) is 0 Å². The van der Waals surface area contributed by atoms with E-state index in [1.54, 1.807) is 0 Å². The zero-order chi connectivity index (χ0) is 9.84. The minimum atomic E-state index is 0.278. The van der Waals surface area contributed by atoms with Crippen molar-refractivity contribution in [1.82, 2.24) is 10.2 Å². The van der Waals surface area contributed by atoms with Crippen LogP contribution in [0.1, 0.15) is 20.8 Å². The molecule has 0 saturated carbocycles. The van der Waals surface area contributed by atoms with E-state index in [4.69, 9.17) is 17.0 Å². The lowest BCUT2D eigenvalue weighted by atomic mass is 10.2. The van der Waals surface area contributed by atoms with Crippen molar-refractivity contribution in [3.05, 3.63) is 0 Å². The second-order valence-electron chi connectivity index (χ2n) is 3.50. The van der Waals surface area contributed by atoms with Crippen molar-refractivity contribution >= 4 is 17.3 Å². The molecule has 0 amide bonds. The number of hydrogen-bond donors (Lipinski definition) is 1. The monoisotopic (exact) mass is 202 g/mol. The molecule has 3 nitrogen and oxygen atoms in total. The van der Waals surface area contributed by atoms with Gasteiger partial charge in [0.05, 0.1) is 12.2 Å². The van der Waals surface area contributed by atoms with E-state index >= 15 is 0 Å². The van der Waals surface area contributed by atoms with E-state index in [9.17, 15) is 0 Å². The molecule has 0 radical (unpaired) electrons. The summed E-state index contributed by atoms with van der Waals surface area (Å²) in [5.41, 5.74) is 0. The molecule has 2 atom stereocenters. The number of morpholine rings is 1. The van der Waals surface area contributed by atoms with Gasteiger partial charge in [0.15, 0.2) is 5.11 Å². The zero-order valence-electron chi connectivity index (χ0n) is 8.54. The fraction of sp³-hybridized carbons (Fsp3) is 0.889. The quantitative estimate of drug-likeness (QED) is 0.641. The fourth-order valence-electron chi connectivity index (χ4n) is 1.61. The van der Waals surface area contributed by atoms with Crippen LogP contribution < -0.4 is 5.32 Å². The van der Waals surface area contributed by atoms with Crippen LogP contribution in [0.4, 0.5) is 0 Å². The number of thiocarbonyl (C=S) groups is 1. The van der Waals surface area contributed by atoms with Crippen LogP contribution in [0.3, 0.4) is 0 Å². The number of rotatable bonds is 1. The molecule has 0 aromatic rings. The topological polar surface area (TPSA) is 24.5 Å². The van der Waals surface area contributed by atoms with E-state index in [2.05, 4.69) is 31.0 Å². The van der Waals surface area contributed by atoms with Gasteiger partial charge in [-0.2, -0.15) is 0 Å². The highest BCUT2D eigenvalue weighted by molar-refractivity contribution is 7.80. The minimum Gasteiger partial charge on any atom is -0.372 e. The molecule has 76 valence electrons. The third-order valence-corrected chi connectivity index (χ3v) is 2.44. The van der Waals surface area contributed by atoms with Gasteiger partial charge in [0, 0.05) is 19.6 Å². The van der Waals surface area contributed by atoms with Gasteiger partial charge in [0.1, 0.15) is 0 Å². The van der Waals surface area contributed by atoms with Crippen LogP contribution in [0.25, 0.3) is 0 Å². The summed E-state index contributed by atoms with van der Waals surface area (Å²) in [6.07, 6.45) is 0.556. The molecule has 0 aromatic carbocycles. The number of ether oxygens (including phenoxy) is 1. The summed E-state index contributed by atoms with van der Waals surface area (Å²) in [6, 6.07) is 0. The molecule has 13 heavy (non-hydrogen) atoms. The maximum Gasteiger partial charge on any atom is 0.169 e. The molecule has 1 N–H and O–H groups in total. The van der Waals surface area contributed by atoms with Gasteiger partial charge in [-0.05, 0) is 33.0 Å². The molecule has 1 aliphatic heterocycles. The molecule has 0 bridgehead atoms. The lowest BCUT2D eigenvalue weighted by Crippen LogP contribution is -2.51. The second kappa shape index (κ2) is 4.77. The first-order valence-electron chi connectivity index (χ1n) is 4.81. The Bertz CT molecular complexity index is 176. The summed E-state index contributed by atoms with van der Waals surface area (Å²) >= 11 is 5.24. The van der Waals surface area contributed by atoms with E-state index in [0.29, 0.717) is 0 Å². The molecular weight excluding hydrogens is 184 g/mol. The third kappa shape index (κ3) is 3.12. The molecule has 4 heteroatoms. The van der Waals surface area contributed by atoms with E-state index in [0.717, 1.165) is 24.7 Å². The largest absolute Gasteiger partial charge is 0.372 e.